The minimum absolute atomic E-state index is 0.142. The topological polar surface area (TPSA) is 53.7 Å². The van der Waals surface area contributed by atoms with E-state index in [9.17, 15) is 0 Å². The zero-order valence-corrected chi connectivity index (χ0v) is 11.9. The average molecular weight is 267 g/mol. The van der Waals surface area contributed by atoms with E-state index in [1.165, 1.54) is 0 Å². The molecular formula is C15H25NO3. The van der Waals surface area contributed by atoms with Gasteiger partial charge in [0.05, 0.1) is 19.8 Å². The Bertz CT molecular complexity index is 344. The minimum Gasteiger partial charge on any atom is -0.494 e. The van der Waals surface area contributed by atoms with Gasteiger partial charge in [-0.1, -0.05) is 13.0 Å². The summed E-state index contributed by atoms with van der Waals surface area (Å²) in [5.74, 6) is 1.67. The minimum atomic E-state index is 0.142. The van der Waals surface area contributed by atoms with Crippen LogP contribution in [0.5, 0.6) is 11.5 Å². The molecule has 0 aliphatic rings. The Balaban J connectivity index is 2.13. The SMILES string of the molecule is CCOc1cccc(OCCCOCC(N)CC)c1. The fraction of sp³-hybridized carbons (Fsp3) is 0.600. The van der Waals surface area contributed by atoms with Crippen molar-refractivity contribution in [3.05, 3.63) is 24.3 Å². The van der Waals surface area contributed by atoms with E-state index < -0.39 is 0 Å². The van der Waals surface area contributed by atoms with Gasteiger partial charge in [0.25, 0.3) is 0 Å². The van der Waals surface area contributed by atoms with Gasteiger partial charge in [0.15, 0.2) is 0 Å². The van der Waals surface area contributed by atoms with Crippen molar-refractivity contribution in [1.82, 2.24) is 0 Å². The van der Waals surface area contributed by atoms with Crippen molar-refractivity contribution in [3.8, 4) is 11.5 Å². The first-order valence-electron chi connectivity index (χ1n) is 6.95. The summed E-state index contributed by atoms with van der Waals surface area (Å²) >= 11 is 0. The van der Waals surface area contributed by atoms with E-state index in [0.29, 0.717) is 26.4 Å². The number of nitrogens with two attached hydrogens (primary N) is 1. The van der Waals surface area contributed by atoms with Gasteiger partial charge in [0.2, 0.25) is 0 Å². The molecule has 0 aliphatic heterocycles. The molecule has 0 heterocycles. The van der Waals surface area contributed by atoms with Gasteiger partial charge in [-0.05, 0) is 25.5 Å². The van der Waals surface area contributed by atoms with E-state index in [2.05, 4.69) is 6.92 Å². The predicted molar refractivity (Wildman–Crippen MR) is 76.8 cm³/mol. The van der Waals surface area contributed by atoms with Crippen molar-refractivity contribution >= 4 is 0 Å². The molecule has 1 atom stereocenters. The van der Waals surface area contributed by atoms with E-state index in [-0.39, 0.29) is 6.04 Å². The Morgan fingerprint density at radius 2 is 1.84 bits per heavy atom. The standard InChI is InChI=1S/C15H25NO3/c1-3-13(16)12-17-9-6-10-19-15-8-5-7-14(11-15)18-4-2/h5,7-8,11,13H,3-4,6,9-10,12,16H2,1-2H3. The van der Waals surface area contributed by atoms with Crippen LogP contribution in [0.4, 0.5) is 0 Å². The normalized spacial score (nSPS) is 12.2. The van der Waals surface area contributed by atoms with Gasteiger partial charge < -0.3 is 19.9 Å². The second-order valence-corrected chi connectivity index (χ2v) is 4.35. The van der Waals surface area contributed by atoms with Crippen LogP contribution < -0.4 is 15.2 Å². The Morgan fingerprint density at radius 3 is 2.53 bits per heavy atom. The van der Waals surface area contributed by atoms with Crippen molar-refractivity contribution in [3.63, 3.8) is 0 Å². The summed E-state index contributed by atoms with van der Waals surface area (Å²) in [7, 11) is 0. The zero-order chi connectivity index (χ0) is 13.9. The first-order chi connectivity index (χ1) is 9.26. The molecule has 1 rings (SSSR count). The van der Waals surface area contributed by atoms with Crippen LogP contribution in [0.1, 0.15) is 26.7 Å². The number of hydrogen-bond acceptors (Lipinski definition) is 4. The second kappa shape index (κ2) is 9.64. The van der Waals surface area contributed by atoms with Gasteiger partial charge >= 0.3 is 0 Å². The monoisotopic (exact) mass is 267 g/mol. The number of ether oxygens (including phenoxy) is 3. The van der Waals surface area contributed by atoms with Crippen LogP contribution in [0.25, 0.3) is 0 Å². The van der Waals surface area contributed by atoms with Crippen molar-refractivity contribution in [2.45, 2.75) is 32.7 Å². The van der Waals surface area contributed by atoms with Gasteiger partial charge in [0, 0.05) is 25.1 Å². The molecule has 4 heteroatoms. The van der Waals surface area contributed by atoms with Crippen molar-refractivity contribution in [1.29, 1.82) is 0 Å². The first kappa shape index (κ1) is 15.8. The van der Waals surface area contributed by atoms with Crippen LogP contribution in [-0.4, -0.2) is 32.5 Å². The van der Waals surface area contributed by atoms with E-state index in [0.717, 1.165) is 24.3 Å². The third-order valence-corrected chi connectivity index (χ3v) is 2.67. The lowest BCUT2D eigenvalue weighted by Gasteiger charge is -2.10. The lowest BCUT2D eigenvalue weighted by molar-refractivity contribution is 0.107. The number of benzene rings is 1. The molecule has 0 aromatic heterocycles. The fourth-order valence-corrected chi connectivity index (χ4v) is 1.52. The van der Waals surface area contributed by atoms with Crippen LogP contribution in [0.3, 0.4) is 0 Å². The van der Waals surface area contributed by atoms with E-state index in [1.807, 2.05) is 31.2 Å². The molecule has 4 nitrogen and oxygen atoms in total. The van der Waals surface area contributed by atoms with Gasteiger partial charge in [-0.3, -0.25) is 0 Å². The van der Waals surface area contributed by atoms with E-state index >= 15 is 0 Å². The molecule has 0 saturated carbocycles. The molecule has 0 radical (unpaired) electrons. The van der Waals surface area contributed by atoms with Crippen LogP contribution in [0.15, 0.2) is 24.3 Å². The van der Waals surface area contributed by atoms with Crippen LogP contribution in [0, 0.1) is 0 Å². The Kier molecular flexibility index (Phi) is 8.02. The molecule has 108 valence electrons. The quantitative estimate of drug-likeness (QED) is 0.662. The highest BCUT2D eigenvalue weighted by Gasteiger charge is 1.99. The molecule has 0 aliphatic carbocycles. The highest BCUT2D eigenvalue weighted by Crippen LogP contribution is 2.19. The summed E-state index contributed by atoms with van der Waals surface area (Å²) in [5, 5.41) is 0. The molecule has 2 N–H and O–H groups in total. The van der Waals surface area contributed by atoms with Crippen LogP contribution in [-0.2, 0) is 4.74 Å². The maximum atomic E-state index is 5.75. The molecular weight excluding hydrogens is 242 g/mol. The largest absolute Gasteiger partial charge is 0.494 e. The van der Waals surface area contributed by atoms with Crippen molar-refractivity contribution in [2.75, 3.05) is 26.4 Å². The van der Waals surface area contributed by atoms with Crippen molar-refractivity contribution in [2.24, 2.45) is 5.73 Å². The predicted octanol–water partition coefficient (Wildman–Crippen LogP) is 2.61. The second-order valence-electron chi connectivity index (χ2n) is 4.35. The Labute approximate surface area is 115 Å². The molecule has 0 fully saturated rings. The maximum absolute atomic E-state index is 5.75. The lowest BCUT2D eigenvalue weighted by atomic mass is 10.3. The highest BCUT2D eigenvalue weighted by molar-refractivity contribution is 5.32. The fourth-order valence-electron chi connectivity index (χ4n) is 1.52. The molecule has 0 amide bonds. The molecule has 19 heavy (non-hydrogen) atoms. The van der Waals surface area contributed by atoms with Gasteiger partial charge in [-0.15, -0.1) is 0 Å². The van der Waals surface area contributed by atoms with Gasteiger partial charge in [-0.2, -0.15) is 0 Å². The molecule has 1 aromatic rings. The summed E-state index contributed by atoms with van der Waals surface area (Å²) in [5.41, 5.74) is 5.75. The Morgan fingerprint density at radius 1 is 1.11 bits per heavy atom. The third kappa shape index (κ3) is 7.03. The first-order valence-corrected chi connectivity index (χ1v) is 6.95. The summed E-state index contributed by atoms with van der Waals surface area (Å²) in [6.45, 7) is 6.62. The van der Waals surface area contributed by atoms with Crippen LogP contribution >= 0.6 is 0 Å². The van der Waals surface area contributed by atoms with Crippen molar-refractivity contribution < 1.29 is 14.2 Å². The Hall–Kier alpha value is -1.26. The molecule has 1 unspecified atom stereocenters. The molecule has 0 saturated heterocycles. The summed E-state index contributed by atoms with van der Waals surface area (Å²) in [6, 6.07) is 7.82. The van der Waals surface area contributed by atoms with Gasteiger partial charge in [-0.25, -0.2) is 0 Å². The smallest absolute Gasteiger partial charge is 0.122 e. The molecule has 0 bridgehead atoms. The van der Waals surface area contributed by atoms with E-state index in [1.54, 1.807) is 0 Å². The third-order valence-electron chi connectivity index (χ3n) is 2.67. The van der Waals surface area contributed by atoms with E-state index in [4.69, 9.17) is 19.9 Å². The summed E-state index contributed by atoms with van der Waals surface area (Å²) < 4.78 is 16.5. The number of rotatable bonds is 10. The summed E-state index contributed by atoms with van der Waals surface area (Å²) in [4.78, 5) is 0. The molecule has 1 aromatic carbocycles. The number of hydrogen-bond donors (Lipinski definition) is 1. The van der Waals surface area contributed by atoms with Gasteiger partial charge in [0.1, 0.15) is 11.5 Å². The lowest BCUT2D eigenvalue weighted by Crippen LogP contribution is -2.25. The average Bonchev–Trinajstić information content (AvgIpc) is 2.43. The zero-order valence-electron chi connectivity index (χ0n) is 11.9. The highest BCUT2D eigenvalue weighted by atomic mass is 16.5. The maximum Gasteiger partial charge on any atom is 0.122 e. The van der Waals surface area contributed by atoms with Crippen LogP contribution in [0.2, 0.25) is 0 Å². The summed E-state index contributed by atoms with van der Waals surface area (Å²) in [6.07, 6.45) is 1.80. The molecule has 0 spiro atoms.